The largest absolute Gasteiger partial charge is 0.526 e. The van der Waals surface area contributed by atoms with Crippen LogP contribution in [0.2, 0.25) is 0 Å². The Labute approximate surface area is 105 Å². The minimum atomic E-state index is -3.00. The fraction of sp³-hybridized carbons (Fsp3) is 0.125. The average Bonchev–Trinajstić information content (AvgIpc) is 2.27. The Morgan fingerprint density at radius 2 is 1.78 bits per heavy atom. The summed E-state index contributed by atoms with van der Waals surface area (Å²) in [6.07, 6.45) is -0.494. The lowest BCUT2D eigenvalue weighted by molar-refractivity contribution is 0.0737. The van der Waals surface area contributed by atoms with Crippen molar-refractivity contribution < 1.29 is 31.6 Å². The van der Waals surface area contributed by atoms with Crippen LogP contribution in [0.15, 0.2) is 35.2 Å². The molecule has 0 spiro atoms. The van der Waals surface area contributed by atoms with E-state index in [-0.39, 0.29) is 0 Å². The smallest absolute Gasteiger partial charge is 0.448 e. The second-order valence-corrected chi connectivity index (χ2v) is 5.51. The predicted octanol–water partition coefficient (Wildman–Crippen LogP) is -0.198. The Balaban J connectivity index is 0.000000331. The van der Waals surface area contributed by atoms with Crippen molar-refractivity contribution in [3.8, 4) is 0 Å². The summed E-state index contributed by atoms with van der Waals surface area (Å²) in [5, 5.41) is 7.61. The van der Waals surface area contributed by atoms with E-state index in [1.54, 1.807) is 30.3 Å². The molecule has 0 unspecified atom stereocenters. The van der Waals surface area contributed by atoms with Crippen molar-refractivity contribution in [2.75, 3.05) is 6.26 Å². The van der Waals surface area contributed by atoms with Crippen molar-refractivity contribution in [2.24, 2.45) is 0 Å². The Morgan fingerprint density at radius 3 is 2.00 bits per heavy atom. The molecule has 0 saturated heterocycles. The van der Waals surface area contributed by atoms with Gasteiger partial charge in [0.05, 0.1) is 4.90 Å². The van der Waals surface area contributed by atoms with Crippen LogP contribution in [0.5, 0.6) is 0 Å². The molecule has 0 aromatic heterocycles. The summed E-state index contributed by atoms with van der Waals surface area (Å²) in [7, 11) is -5.99. The Hall–Kier alpha value is -1.65. The van der Waals surface area contributed by atoms with Crippen molar-refractivity contribution in [1.82, 2.24) is 4.89 Å². The van der Waals surface area contributed by atoms with E-state index in [0.29, 0.717) is 4.90 Å². The summed E-state index contributed by atoms with van der Waals surface area (Å²) in [5.74, 6) is 0. The Bertz CT molecular complexity index is 542. The lowest BCUT2D eigenvalue weighted by Crippen LogP contribution is -2.15. The molecule has 0 aliphatic carbocycles. The van der Waals surface area contributed by atoms with E-state index >= 15 is 0 Å². The second-order valence-electron chi connectivity index (χ2n) is 2.80. The number of hydrogen-bond acceptors (Lipinski definition) is 6. The Morgan fingerprint density at radius 1 is 1.28 bits per heavy atom. The first kappa shape index (κ1) is 16.4. The standard InChI is InChI=1S/C7H8O2S.CH3NO5S/c1-10(8,9)7-5-3-2-4-6-7;3-1(4)7-2-8(5)6/h2-6H,1H3;8H,(H,3,4)(H,2,5,6). The molecule has 0 heterocycles. The minimum Gasteiger partial charge on any atom is -0.448 e. The van der Waals surface area contributed by atoms with Gasteiger partial charge < -0.3 is 9.94 Å². The van der Waals surface area contributed by atoms with Crippen LogP contribution < -0.4 is 4.89 Å². The summed E-state index contributed by atoms with van der Waals surface area (Å²) in [5.41, 5.74) is 0. The second kappa shape index (κ2) is 7.63. The topological polar surface area (TPSA) is 127 Å². The van der Waals surface area contributed by atoms with Crippen LogP contribution in [0.3, 0.4) is 0 Å². The molecule has 0 bridgehead atoms. The van der Waals surface area contributed by atoms with Gasteiger partial charge in [-0.05, 0) is 17.0 Å². The van der Waals surface area contributed by atoms with Crippen LogP contribution in [0.4, 0.5) is 4.79 Å². The van der Waals surface area contributed by atoms with Gasteiger partial charge in [-0.25, -0.2) is 21.6 Å². The van der Waals surface area contributed by atoms with Crippen molar-refractivity contribution >= 4 is 26.9 Å². The molecule has 8 nitrogen and oxygen atoms in total. The third kappa shape index (κ3) is 8.50. The van der Waals surface area contributed by atoms with Crippen LogP contribution in [0.1, 0.15) is 0 Å². The number of carboxylic acid groups (broad SMARTS) is 1. The lowest BCUT2D eigenvalue weighted by atomic mass is 10.4. The number of sulfone groups is 1. The van der Waals surface area contributed by atoms with Gasteiger partial charge in [-0.2, -0.15) is 0 Å². The summed E-state index contributed by atoms with van der Waals surface area (Å²) in [6, 6.07) is 8.35. The summed E-state index contributed by atoms with van der Waals surface area (Å²) in [4.78, 5) is 14.3. The zero-order valence-electron chi connectivity index (χ0n) is 9.14. The van der Waals surface area contributed by atoms with E-state index in [1.807, 2.05) is 0 Å². The number of rotatable bonds is 3. The van der Waals surface area contributed by atoms with Crippen molar-refractivity contribution in [3.05, 3.63) is 30.3 Å². The molecule has 0 aliphatic heterocycles. The fourth-order valence-electron chi connectivity index (χ4n) is 0.744. The van der Waals surface area contributed by atoms with Gasteiger partial charge in [0, 0.05) is 6.26 Å². The molecule has 18 heavy (non-hydrogen) atoms. The van der Waals surface area contributed by atoms with E-state index < -0.39 is 26.9 Å². The fourth-order valence-corrected chi connectivity index (χ4v) is 1.55. The third-order valence-electron chi connectivity index (χ3n) is 1.38. The maximum Gasteiger partial charge on any atom is 0.526 e. The van der Waals surface area contributed by atoms with Crippen molar-refractivity contribution in [3.63, 3.8) is 0 Å². The molecule has 0 atom stereocenters. The van der Waals surface area contributed by atoms with Gasteiger partial charge in [-0.15, -0.1) is 0 Å². The maximum atomic E-state index is 10.8. The van der Waals surface area contributed by atoms with E-state index in [2.05, 4.69) is 4.84 Å². The highest BCUT2D eigenvalue weighted by atomic mass is 32.2. The highest BCUT2D eigenvalue weighted by Gasteiger charge is 2.02. The molecule has 1 rings (SSSR count). The molecule has 0 amide bonds. The molecule has 0 saturated carbocycles. The first-order chi connectivity index (χ1) is 8.23. The summed E-state index contributed by atoms with van der Waals surface area (Å²) < 4.78 is 40.5. The minimum absolute atomic E-state index is 0.370. The van der Waals surface area contributed by atoms with Crippen LogP contribution in [0, 0.1) is 0 Å². The van der Waals surface area contributed by atoms with E-state index in [4.69, 9.17) is 5.11 Å². The molecule has 1 aromatic carbocycles. The maximum absolute atomic E-state index is 10.8. The first-order valence-electron chi connectivity index (χ1n) is 4.28. The summed E-state index contributed by atoms with van der Waals surface area (Å²) >= 11 is 0. The zero-order valence-corrected chi connectivity index (χ0v) is 10.8. The van der Waals surface area contributed by atoms with Gasteiger partial charge in [0.2, 0.25) is 10.9 Å². The van der Waals surface area contributed by atoms with Gasteiger partial charge in [-0.1, -0.05) is 18.2 Å². The molecule has 2 N–H and O–H groups in total. The average molecular weight is 297 g/mol. The van der Waals surface area contributed by atoms with Crippen LogP contribution in [0.25, 0.3) is 0 Å². The molecule has 0 fully saturated rings. The molecule has 0 aliphatic rings. The first-order valence-corrected chi connectivity index (χ1v) is 7.35. The van der Waals surface area contributed by atoms with Crippen LogP contribution >= 0.6 is 0 Å². The zero-order chi connectivity index (χ0) is 14.2. The number of hydrogen-bond donors (Lipinski definition) is 3. The lowest BCUT2D eigenvalue weighted by Gasteiger charge is -1.93. The molecule has 1 aromatic rings. The monoisotopic (exact) mass is 297 g/mol. The van der Waals surface area contributed by atoms with Gasteiger partial charge in [-0.3, -0.25) is 0 Å². The van der Waals surface area contributed by atoms with Crippen LogP contribution in [-0.4, -0.2) is 34.4 Å². The highest BCUT2D eigenvalue weighted by molar-refractivity contribution is 7.90. The van der Waals surface area contributed by atoms with E-state index in [1.165, 1.54) is 11.1 Å². The van der Waals surface area contributed by atoms with Crippen molar-refractivity contribution in [2.45, 2.75) is 4.90 Å². The van der Waals surface area contributed by atoms with Gasteiger partial charge >= 0.3 is 6.16 Å². The molecular weight excluding hydrogens is 286 g/mol. The third-order valence-corrected chi connectivity index (χ3v) is 2.75. The van der Waals surface area contributed by atoms with Gasteiger partial charge in [0.1, 0.15) is 0 Å². The van der Waals surface area contributed by atoms with Crippen LogP contribution in [-0.2, 0) is 25.6 Å². The molecule has 10 heteroatoms. The number of carbonyl (C=O) groups is 1. The number of nitrogens with one attached hydrogen (secondary N) is 1. The predicted molar refractivity (Wildman–Crippen MR) is 62.1 cm³/mol. The normalized spacial score (nSPS) is 10.3. The quantitative estimate of drug-likeness (QED) is 0.521. The van der Waals surface area contributed by atoms with Gasteiger partial charge in [0.15, 0.2) is 9.84 Å². The Kier molecular flexibility index (Phi) is 6.93. The van der Waals surface area contributed by atoms with Crippen molar-refractivity contribution in [1.29, 1.82) is 0 Å². The highest BCUT2D eigenvalue weighted by Crippen LogP contribution is 2.05. The van der Waals surface area contributed by atoms with Gasteiger partial charge in [0.25, 0.3) is 0 Å². The molecular formula is C8H11NO7S2. The number of benzene rings is 1. The SMILES string of the molecule is CS(=O)(=O)c1ccccc1.O=C(O)ON[SH](=O)=O. The molecule has 0 radical (unpaired) electrons. The molecule has 102 valence electrons. The van der Waals surface area contributed by atoms with E-state index in [0.717, 1.165) is 0 Å². The van der Waals surface area contributed by atoms with E-state index in [9.17, 15) is 21.6 Å². The summed E-state index contributed by atoms with van der Waals surface area (Å²) in [6.45, 7) is 0. The number of thiol groups is 1.